The highest BCUT2D eigenvalue weighted by molar-refractivity contribution is 6.30. The molecule has 3 N–H and O–H groups in total. The first kappa shape index (κ1) is 22.1. The van der Waals surface area contributed by atoms with Crippen molar-refractivity contribution in [1.29, 1.82) is 0 Å². The molecule has 0 aliphatic heterocycles. The fourth-order valence-corrected chi connectivity index (χ4v) is 3.38. The summed E-state index contributed by atoms with van der Waals surface area (Å²) in [5, 5.41) is 11.1. The predicted molar refractivity (Wildman–Crippen MR) is 119 cm³/mol. The Balaban J connectivity index is 1.79. The molecule has 1 atom stereocenters. The molecule has 0 saturated heterocycles. The molecule has 3 rings (SSSR count). The minimum absolute atomic E-state index is 0.0299. The number of imide groups is 1. The quantitative estimate of drug-likeness (QED) is 0.476. The zero-order valence-electron chi connectivity index (χ0n) is 17.3. The van der Waals surface area contributed by atoms with Crippen LogP contribution in [0.15, 0.2) is 54.6 Å². The molecule has 3 aromatic rings. The van der Waals surface area contributed by atoms with Crippen LogP contribution in [0, 0.1) is 6.92 Å². The van der Waals surface area contributed by atoms with Crippen LogP contribution in [0.3, 0.4) is 0 Å². The molecule has 160 valence electrons. The maximum Gasteiger partial charge on any atom is 0.412 e. The third-order valence-electron chi connectivity index (χ3n) is 5.13. The van der Waals surface area contributed by atoms with E-state index in [1.165, 1.54) is 11.9 Å². The lowest BCUT2D eigenvalue weighted by molar-refractivity contribution is 0.103. The van der Waals surface area contributed by atoms with Crippen LogP contribution < -0.4 is 10.2 Å². The van der Waals surface area contributed by atoms with Crippen LogP contribution in [0.1, 0.15) is 45.7 Å². The van der Waals surface area contributed by atoms with Crippen LogP contribution in [0.4, 0.5) is 15.3 Å². The highest BCUT2D eigenvalue weighted by Crippen LogP contribution is 2.28. The molecule has 0 bridgehead atoms. The number of rotatable bonds is 5. The first-order chi connectivity index (χ1) is 14.7. The van der Waals surface area contributed by atoms with Gasteiger partial charge in [0.15, 0.2) is 0 Å². The van der Waals surface area contributed by atoms with Crippen LogP contribution in [0.2, 0.25) is 5.02 Å². The Morgan fingerprint density at radius 2 is 1.68 bits per heavy atom. The molecular weight excluding hydrogens is 418 g/mol. The number of amides is 3. The molecule has 0 spiro atoms. The van der Waals surface area contributed by atoms with Crippen molar-refractivity contribution < 1.29 is 19.5 Å². The van der Waals surface area contributed by atoms with Gasteiger partial charge in [-0.05, 0) is 60.5 Å². The van der Waals surface area contributed by atoms with Gasteiger partial charge >= 0.3 is 12.1 Å². The molecule has 0 aliphatic carbocycles. The van der Waals surface area contributed by atoms with E-state index in [-0.39, 0.29) is 11.7 Å². The molecule has 2 aromatic carbocycles. The van der Waals surface area contributed by atoms with Crippen molar-refractivity contribution in [3.63, 3.8) is 0 Å². The monoisotopic (exact) mass is 439 g/mol. The molecule has 1 unspecified atom stereocenters. The zero-order chi connectivity index (χ0) is 22.7. The average molecular weight is 440 g/mol. The Hall–Kier alpha value is -3.58. The van der Waals surface area contributed by atoms with Crippen molar-refractivity contribution in [2.75, 3.05) is 11.9 Å². The fourth-order valence-electron chi connectivity index (χ4n) is 3.26. The predicted octanol–water partition coefficient (Wildman–Crippen LogP) is 5.18. The molecule has 0 saturated carbocycles. The summed E-state index contributed by atoms with van der Waals surface area (Å²) in [4.78, 5) is 39.8. The molecule has 8 heteroatoms. The summed E-state index contributed by atoms with van der Waals surface area (Å²) in [6.07, 6.45) is -1.41. The molecule has 1 aromatic heterocycles. The number of nitrogens with one attached hydrogen (secondary N) is 2. The van der Waals surface area contributed by atoms with Crippen LogP contribution in [-0.4, -0.2) is 35.0 Å². The highest BCUT2D eigenvalue weighted by atomic mass is 35.5. The van der Waals surface area contributed by atoms with Gasteiger partial charge in [-0.3, -0.25) is 9.69 Å². The lowest BCUT2D eigenvalue weighted by atomic mass is 9.97. The number of anilines is 1. The number of ketones is 1. The number of carboxylic acid groups (broad SMARTS) is 1. The number of hydrogen-bond acceptors (Lipinski definition) is 3. The lowest BCUT2D eigenvalue weighted by Crippen LogP contribution is -2.40. The van der Waals surface area contributed by atoms with E-state index in [1.54, 1.807) is 41.7 Å². The number of aromatic nitrogens is 1. The van der Waals surface area contributed by atoms with Gasteiger partial charge in [0.1, 0.15) is 0 Å². The van der Waals surface area contributed by atoms with Gasteiger partial charge in [0.25, 0.3) is 0 Å². The van der Waals surface area contributed by atoms with E-state index in [2.05, 4.69) is 4.98 Å². The smallest absolute Gasteiger partial charge is 0.412 e. The van der Waals surface area contributed by atoms with Crippen molar-refractivity contribution >= 4 is 35.2 Å². The number of urea groups is 1. The standard InChI is InChI=1S/C23H22ClN3O4/c1-13-12-19(25-20(13)21(28)16-4-8-17(24)9-5-16)14(2)15-6-10-18(11-7-15)27(3)22(29)26-23(30)31/h4-12,14,25H,1-3H3,(H,26,29)(H,30,31). The second-order valence-electron chi connectivity index (χ2n) is 7.23. The summed E-state index contributed by atoms with van der Waals surface area (Å²) >= 11 is 5.91. The van der Waals surface area contributed by atoms with Gasteiger partial charge in [-0.25, -0.2) is 14.9 Å². The second-order valence-corrected chi connectivity index (χ2v) is 7.66. The Bertz CT molecular complexity index is 1120. The fraction of sp³-hybridized carbons (Fsp3) is 0.174. The van der Waals surface area contributed by atoms with Crippen molar-refractivity contribution in [2.45, 2.75) is 19.8 Å². The van der Waals surface area contributed by atoms with Gasteiger partial charge < -0.3 is 10.1 Å². The van der Waals surface area contributed by atoms with E-state index >= 15 is 0 Å². The van der Waals surface area contributed by atoms with Crippen LogP contribution in [-0.2, 0) is 0 Å². The summed E-state index contributed by atoms with van der Waals surface area (Å²) in [6, 6.07) is 15.2. The number of aromatic amines is 1. The number of H-pyrrole nitrogens is 1. The van der Waals surface area contributed by atoms with Gasteiger partial charge in [0.2, 0.25) is 5.78 Å². The Kier molecular flexibility index (Phi) is 6.46. The molecular formula is C23H22ClN3O4. The van der Waals surface area contributed by atoms with Crippen LogP contribution in [0.25, 0.3) is 0 Å². The molecule has 3 amide bonds. The number of benzene rings is 2. The van der Waals surface area contributed by atoms with E-state index in [1.807, 2.05) is 32.0 Å². The highest BCUT2D eigenvalue weighted by Gasteiger charge is 2.19. The third kappa shape index (κ3) is 4.95. The molecule has 1 heterocycles. The number of hydrogen-bond donors (Lipinski definition) is 3. The first-order valence-electron chi connectivity index (χ1n) is 9.54. The van der Waals surface area contributed by atoms with Crippen molar-refractivity contribution in [1.82, 2.24) is 10.3 Å². The second kappa shape index (κ2) is 9.06. The van der Waals surface area contributed by atoms with E-state index in [9.17, 15) is 14.4 Å². The van der Waals surface area contributed by atoms with Crippen LogP contribution in [0.5, 0.6) is 0 Å². The molecule has 7 nitrogen and oxygen atoms in total. The van der Waals surface area contributed by atoms with E-state index < -0.39 is 12.1 Å². The molecule has 0 fully saturated rings. The minimum atomic E-state index is -1.41. The number of carbonyl (C=O) groups is 3. The van der Waals surface area contributed by atoms with E-state index in [4.69, 9.17) is 16.7 Å². The Labute approximate surface area is 184 Å². The van der Waals surface area contributed by atoms with E-state index in [0.29, 0.717) is 22.0 Å². The van der Waals surface area contributed by atoms with Crippen molar-refractivity contribution in [3.8, 4) is 0 Å². The lowest BCUT2D eigenvalue weighted by Gasteiger charge is -2.18. The van der Waals surface area contributed by atoms with Crippen LogP contribution >= 0.6 is 11.6 Å². The zero-order valence-corrected chi connectivity index (χ0v) is 18.0. The minimum Gasteiger partial charge on any atom is -0.465 e. The van der Waals surface area contributed by atoms with Gasteiger partial charge in [-0.1, -0.05) is 30.7 Å². The Morgan fingerprint density at radius 1 is 1.06 bits per heavy atom. The average Bonchev–Trinajstić information content (AvgIpc) is 3.14. The third-order valence-corrected chi connectivity index (χ3v) is 5.39. The summed E-state index contributed by atoms with van der Waals surface area (Å²) in [6.45, 7) is 3.90. The summed E-state index contributed by atoms with van der Waals surface area (Å²) in [7, 11) is 1.49. The maximum atomic E-state index is 12.9. The summed E-state index contributed by atoms with van der Waals surface area (Å²) in [5.74, 6) is -0.133. The number of halogens is 1. The molecule has 0 aliphatic rings. The maximum absolute atomic E-state index is 12.9. The molecule has 31 heavy (non-hydrogen) atoms. The summed E-state index contributed by atoms with van der Waals surface area (Å²) in [5.41, 5.74) is 4.35. The van der Waals surface area contributed by atoms with Gasteiger partial charge in [-0.15, -0.1) is 0 Å². The first-order valence-corrected chi connectivity index (χ1v) is 9.92. The SMILES string of the molecule is Cc1cc(C(C)c2ccc(N(C)C(=O)NC(=O)O)cc2)[nH]c1C(=O)c1ccc(Cl)cc1. The normalized spacial score (nSPS) is 11.6. The van der Waals surface area contributed by atoms with Gasteiger partial charge in [0.05, 0.1) is 5.69 Å². The molecule has 0 radical (unpaired) electrons. The number of nitrogens with zero attached hydrogens (tertiary/aromatic N) is 1. The van der Waals surface area contributed by atoms with Gasteiger partial charge in [-0.2, -0.15) is 0 Å². The summed E-state index contributed by atoms with van der Waals surface area (Å²) < 4.78 is 0. The van der Waals surface area contributed by atoms with Gasteiger partial charge in [0, 0.05) is 34.9 Å². The topological polar surface area (TPSA) is 102 Å². The number of aryl methyl sites for hydroxylation is 1. The largest absolute Gasteiger partial charge is 0.465 e. The van der Waals surface area contributed by atoms with E-state index in [0.717, 1.165) is 16.8 Å². The Morgan fingerprint density at radius 3 is 2.26 bits per heavy atom. The number of carbonyl (C=O) groups excluding carboxylic acids is 2. The van der Waals surface area contributed by atoms with Crippen molar-refractivity contribution in [2.24, 2.45) is 0 Å². The van der Waals surface area contributed by atoms with Crippen molar-refractivity contribution in [3.05, 3.63) is 87.7 Å².